The van der Waals surface area contributed by atoms with Gasteiger partial charge in [0, 0.05) is 17.7 Å². The molecule has 9 atom stereocenters. The lowest BCUT2D eigenvalue weighted by Crippen LogP contribution is -2.60. The number of aliphatic hydroxyl groups is 6. The third-order valence-electron chi connectivity index (χ3n) is 7.05. The zero-order chi connectivity index (χ0) is 28.9. The van der Waals surface area contributed by atoms with Crippen molar-refractivity contribution in [2.75, 3.05) is 13.2 Å². The average Bonchev–Trinajstić information content (AvgIpc) is 2.92. The number of benzene rings is 2. The summed E-state index contributed by atoms with van der Waals surface area (Å²) in [6, 6.07) is 7.52. The van der Waals surface area contributed by atoms with Crippen LogP contribution in [0.25, 0.3) is 22.3 Å². The molecular weight excluding hydrogens is 536 g/mol. The Morgan fingerprint density at radius 2 is 1.57 bits per heavy atom. The van der Waals surface area contributed by atoms with E-state index in [-0.39, 0.29) is 28.0 Å². The maximum absolute atomic E-state index is 13.1. The molecule has 0 radical (unpaired) electrons. The lowest BCUT2D eigenvalue weighted by molar-refractivity contribution is -0.325. The van der Waals surface area contributed by atoms with Crippen molar-refractivity contribution in [1.82, 2.24) is 0 Å². The van der Waals surface area contributed by atoms with E-state index in [1.165, 1.54) is 24.3 Å². The van der Waals surface area contributed by atoms with E-state index < -0.39 is 85.3 Å². The van der Waals surface area contributed by atoms with Gasteiger partial charge in [-0.3, -0.25) is 4.79 Å². The first-order chi connectivity index (χ1) is 19.0. The van der Waals surface area contributed by atoms with E-state index in [0.29, 0.717) is 5.56 Å². The summed E-state index contributed by atoms with van der Waals surface area (Å²) < 4.78 is 22.7. The molecule has 2 aliphatic heterocycles. The van der Waals surface area contributed by atoms with Gasteiger partial charge >= 0.3 is 0 Å². The predicted octanol–water partition coefficient (Wildman–Crippen LogP) is -1.45. The maximum atomic E-state index is 13.1. The average molecular weight is 564 g/mol. The summed E-state index contributed by atoms with van der Waals surface area (Å²) in [5.41, 5.74) is -1.07. The highest BCUT2D eigenvalue weighted by Crippen LogP contribution is 2.45. The summed E-state index contributed by atoms with van der Waals surface area (Å²) in [7, 11) is 0. The van der Waals surface area contributed by atoms with Crippen LogP contribution in [0, 0.1) is 0 Å². The smallest absolute Gasteiger partial charge is 0.197 e. The van der Waals surface area contributed by atoms with Crippen LogP contribution < -0.4 is 5.43 Å². The van der Waals surface area contributed by atoms with Crippen LogP contribution in [0.2, 0.25) is 0 Å². The first kappa shape index (κ1) is 28.2. The minimum Gasteiger partial charge on any atom is -0.508 e. The van der Waals surface area contributed by atoms with Gasteiger partial charge in [-0.2, -0.15) is 0 Å². The van der Waals surface area contributed by atoms with Gasteiger partial charge in [0.1, 0.15) is 77.2 Å². The van der Waals surface area contributed by atoms with E-state index in [1.807, 2.05) is 0 Å². The van der Waals surface area contributed by atoms with E-state index in [0.717, 1.165) is 12.1 Å². The second-order valence-corrected chi connectivity index (χ2v) is 9.66. The first-order valence-electron chi connectivity index (χ1n) is 12.3. The molecule has 2 fully saturated rings. The highest BCUT2D eigenvalue weighted by atomic mass is 16.7. The van der Waals surface area contributed by atoms with Crippen LogP contribution in [0.15, 0.2) is 45.6 Å². The van der Waals surface area contributed by atoms with Crippen molar-refractivity contribution >= 4 is 11.0 Å². The molecule has 0 aliphatic carbocycles. The van der Waals surface area contributed by atoms with Crippen molar-refractivity contribution in [3.63, 3.8) is 0 Å². The van der Waals surface area contributed by atoms with Gasteiger partial charge in [-0.1, -0.05) is 0 Å². The van der Waals surface area contributed by atoms with Crippen molar-refractivity contribution in [3.05, 3.63) is 52.2 Å². The van der Waals surface area contributed by atoms with Crippen molar-refractivity contribution in [3.8, 4) is 28.6 Å². The zero-order valence-corrected chi connectivity index (χ0v) is 20.6. The van der Waals surface area contributed by atoms with Crippen LogP contribution in [0.1, 0.15) is 11.7 Å². The van der Waals surface area contributed by atoms with Gasteiger partial charge in [-0.05, 0) is 24.3 Å². The van der Waals surface area contributed by atoms with Crippen molar-refractivity contribution in [2.24, 2.45) is 0 Å². The van der Waals surface area contributed by atoms with Gasteiger partial charge in [0.25, 0.3) is 0 Å². The second-order valence-electron chi connectivity index (χ2n) is 9.66. The summed E-state index contributed by atoms with van der Waals surface area (Å²) in [4.78, 5) is 13.1. The van der Waals surface area contributed by atoms with Crippen LogP contribution in [-0.2, 0) is 14.2 Å². The van der Waals surface area contributed by atoms with Crippen LogP contribution in [0.5, 0.6) is 17.2 Å². The van der Waals surface area contributed by atoms with Gasteiger partial charge in [0.05, 0.1) is 18.8 Å². The zero-order valence-electron chi connectivity index (χ0n) is 20.6. The fraction of sp³-hybridized carbons (Fsp3) is 0.423. The molecule has 3 heterocycles. The molecule has 9 N–H and O–H groups in total. The lowest BCUT2D eigenvalue weighted by atomic mass is 9.89. The van der Waals surface area contributed by atoms with Crippen LogP contribution in [0.3, 0.4) is 0 Å². The number of aromatic hydroxyl groups is 3. The van der Waals surface area contributed by atoms with Crippen LogP contribution in [-0.4, -0.2) is 108 Å². The fourth-order valence-electron chi connectivity index (χ4n) is 4.89. The van der Waals surface area contributed by atoms with Gasteiger partial charge in [0.15, 0.2) is 17.3 Å². The summed E-state index contributed by atoms with van der Waals surface area (Å²) >= 11 is 0. The molecular formula is C26H28O14. The van der Waals surface area contributed by atoms with E-state index in [4.69, 9.17) is 18.6 Å². The molecule has 40 heavy (non-hydrogen) atoms. The summed E-state index contributed by atoms with van der Waals surface area (Å²) in [5.74, 6) is -1.39. The molecule has 2 aromatic carbocycles. The van der Waals surface area contributed by atoms with E-state index in [9.17, 15) is 50.8 Å². The minimum absolute atomic E-state index is 0.0283. The number of phenolic OH excluding ortho intramolecular Hbond substituents is 3. The van der Waals surface area contributed by atoms with Crippen LogP contribution in [0.4, 0.5) is 0 Å². The number of ether oxygens (including phenoxy) is 3. The summed E-state index contributed by atoms with van der Waals surface area (Å²) in [5, 5.41) is 92.2. The fourth-order valence-corrected chi connectivity index (χ4v) is 4.89. The molecule has 0 unspecified atom stereocenters. The quantitative estimate of drug-likeness (QED) is 0.172. The molecule has 0 spiro atoms. The maximum Gasteiger partial charge on any atom is 0.197 e. The molecule has 14 nitrogen and oxygen atoms in total. The topological polar surface area (TPSA) is 240 Å². The number of hydrogen-bond donors (Lipinski definition) is 9. The Hall–Kier alpha value is -3.31. The lowest BCUT2D eigenvalue weighted by Gasteiger charge is -2.45. The molecule has 14 heteroatoms. The highest BCUT2D eigenvalue weighted by Gasteiger charge is 2.50. The Balaban J connectivity index is 1.66. The molecule has 0 amide bonds. The SMILES string of the molecule is O=c1cc(-c2ccc(O)cc2)oc2c([C@@H]3O[C@@H](CO)[C@@H](O)[C@H](O)[C@H]3O[C@H]3OC[C@@H](O)[C@H](O)[C@H]3O)c(O)cc(O)c12. The number of aliphatic hydroxyl groups excluding tert-OH is 6. The van der Waals surface area contributed by atoms with Gasteiger partial charge < -0.3 is 64.6 Å². The standard InChI is InChI=1S/C26H28O14/c27-7-16-20(34)21(35)25(40-26-22(36)19(33)14(32)8-37-26)24(39-16)18-12(30)5-11(29)17-13(31)6-15(38-23(17)18)9-1-3-10(28)4-2-9/h1-6,14,16,19-22,24-30,32-36H,7-8H2/t14-,16+,19+,20-,21+,22-,24+,25-,26-/m1/s1. The Labute approximate surface area is 225 Å². The number of hydrogen-bond acceptors (Lipinski definition) is 14. The van der Waals surface area contributed by atoms with Gasteiger partial charge in [-0.15, -0.1) is 0 Å². The van der Waals surface area contributed by atoms with Crippen molar-refractivity contribution < 1.29 is 64.6 Å². The first-order valence-corrected chi connectivity index (χ1v) is 12.3. The third-order valence-corrected chi connectivity index (χ3v) is 7.05. The number of fused-ring (bicyclic) bond motifs is 1. The Kier molecular flexibility index (Phi) is 7.71. The molecule has 216 valence electrons. The Morgan fingerprint density at radius 1 is 0.875 bits per heavy atom. The normalized spacial score (nSPS) is 32.8. The molecule has 2 aliphatic rings. The molecule has 0 bridgehead atoms. The van der Waals surface area contributed by atoms with Gasteiger partial charge in [-0.25, -0.2) is 0 Å². The molecule has 1 aromatic heterocycles. The van der Waals surface area contributed by atoms with E-state index in [2.05, 4.69) is 0 Å². The summed E-state index contributed by atoms with van der Waals surface area (Å²) in [6.07, 6.45) is -14.8. The minimum atomic E-state index is -1.84. The third kappa shape index (κ3) is 4.89. The second kappa shape index (κ2) is 10.9. The Morgan fingerprint density at radius 3 is 2.25 bits per heavy atom. The number of phenols is 3. The van der Waals surface area contributed by atoms with E-state index in [1.54, 1.807) is 0 Å². The monoisotopic (exact) mass is 564 g/mol. The summed E-state index contributed by atoms with van der Waals surface area (Å²) in [6.45, 7) is -1.23. The van der Waals surface area contributed by atoms with E-state index >= 15 is 0 Å². The highest BCUT2D eigenvalue weighted by molar-refractivity contribution is 5.89. The molecule has 3 aromatic rings. The predicted molar refractivity (Wildman–Crippen MR) is 132 cm³/mol. The van der Waals surface area contributed by atoms with Crippen molar-refractivity contribution in [2.45, 2.75) is 55.1 Å². The molecule has 0 saturated carbocycles. The number of rotatable bonds is 5. The van der Waals surface area contributed by atoms with Crippen LogP contribution >= 0.6 is 0 Å². The largest absolute Gasteiger partial charge is 0.508 e. The Bertz CT molecular complexity index is 1420. The molecule has 5 rings (SSSR count). The van der Waals surface area contributed by atoms with Crippen molar-refractivity contribution in [1.29, 1.82) is 0 Å². The molecule has 2 saturated heterocycles. The van der Waals surface area contributed by atoms with Gasteiger partial charge in [0.2, 0.25) is 0 Å².